The van der Waals surface area contributed by atoms with Crippen molar-refractivity contribution in [2.24, 2.45) is 4.99 Å². The number of hydrogen-bond acceptors (Lipinski definition) is 4. The van der Waals surface area contributed by atoms with E-state index in [1.807, 2.05) is 12.1 Å². The maximum absolute atomic E-state index is 12.6. The summed E-state index contributed by atoms with van der Waals surface area (Å²) in [5.41, 5.74) is 1.35. The summed E-state index contributed by atoms with van der Waals surface area (Å²) in [4.78, 5) is 4.13. The van der Waals surface area contributed by atoms with E-state index in [-0.39, 0.29) is 12.3 Å². The van der Waals surface area contributed by atoms with Crippen molar-refractivity contribution in [1.29, 1.82) is 0 Å². The van der Waals surface area contributed by atoms with Gasteiger partial charge in [0.1, 0.15) is 5.75 Å². The highest BCUT2D eigenvalue weighted by Crippen LogP contribution is 2.30. The lowest BCUT2D eigenvalue weighted by Gasteiger charge is -2.16. The minimum absolute atomic E-state index is 0.0526. The molecule has 0 bridgehead atoms. The Morgan fingerprint density at radius 2 is 1.75 bits per heavy atom. The smallest absolute Gasteiger partial charge is 0.387 e. The average molecular weight is 414 g/mol. The van der Waals surface area contributed by atoms with Crippen molar-refractivity contribution < 1.29 is 23.0 Å². The van der Waals surface area contributed by atoms with Crippen molar-refractivity contribution in [3.63, 3.8) is 0 Å². The first-order valence-electron chi connectivity index (χ1n) is 8.36. The van der Waals surface area contributed by atoms with Crippen LogP contribution in [0.2, 0.25) is 5.02 Å². The van der Waals surface area contributed by atoms with Crippen LogP contribution in [0.4, 0.5) is 8.78 Å². The molecule has 0 spiro atoms. The van der Waals surface area contributed by atoms with Gasteiger partial charge in [-0.15, -0.1) is 0 Å². The van der Waals surface area contributed by atoms with E-state index in [1.54, 1.807) is 33.4 Å². The average Bonchev–Trinajstić information content (AvgIpc) is 2.69. The third-order valence-electron chi connectivity index (χ3n) is 3.84. The Labute approximate surface area is 167 Å². The SMILES string of the molecule is CN=C(NCc1cc(Cl)ccc1OC(F)F)NCc1cccc(OC)c1OC. The number of halogens is 3. The van der Waals surface area contributed by atoms with Gasteiger partial charge in [0.2, 0.25) is 0 Å². The van der Waals surface area contributed by atoms with Gasteiger partial charge >= 0.3 is 6.61 Å². The zero-order chi connectivity index (χ0) is 20.5. The van der Waals surface area contributed by atoms with Crippen LogP contribution >= 0.6 is 11.6 Å². The molecule has 0 saturated carbocycles. The number of hydrogen-bond donors (Lipinski definition) is 2. The van der Waals surface area contributed by atoms with Crippen molar-refractivity contribution >= 4 is 17.6 Å². The first kappa shape index (κ1) is 21.6. The van der Waals surface area contributed by atoms with Crippen molar-refractivity contribution in [1.82, 2.24) is 10.6 Å². The summed E-state index contributed by atoms with van der Waals surface area (Å²) in [6, 6.07) is 10.0. The largest absolute Gasteiger partial charge is 0.493 e. The van der Waals surface area contributed by atoms with Crippen molar-refractivity contribution in [2.75, 3.05) is 21.3 Å². The summed E-state index contributed by atoms with van der Waals surface area (Å²) in [6.07, 6.45) is 0. The van der Waals surface area contributed by atoms with E-state index < -0.39 is 6.61 Å². The summed E-state index contributed by atoms with van der Waals surface area (Å²) in [5, 5.41) is 6.60. The number of nitrogens with zero attached hydrogens (tertiary/aromatic N) is 1. The summed E-state index contributed by atoms with van der Waals surface area (Å²) < 4.78 is 40.4. The van der Waals surface area contributed by atoms with Gasteiger partial charge in [-0.25, -0.2) is 0 Å². The van der Waals surface area contributed by atoms with E-state index in [9.17, 15) is 8.78 Å². The Balaban J connectivity index is 2.04. The van der Waals surface area contributed by atoms with Crippen molar-refractivity contribution in [3.05, 3.63) is 52.5 Å². The molecule has 0 saturated heterocycles. The van der Waals surface area contributed by atoms with E-state index >= 15 is 0 Å². The van der Waals surface area contributed by atoms with E-state index in [4.69, 9.17) is 21.1 Å². The Hall–Kier alpha value is -2.74. The lowest BCUT2D eigenvalue weighted by atomic mass is 10.2. The van der Waals surface area contributed by atoms with Crippen LogP contribution in [0.15, 0.2) is 41.4 Å². The van der Waals surface area contributed by atoms with Crippen LogP contribution in [-0.4, -0.2) is 33.8 Å². The molecule has 152 valence electrons. The highest BCUT2D eigenvalue weighted by molar-refractivity contribution is 6.30. The minimum Gasteiger partial charge on any atom is -0.493 e. The topological polar surface area (TPSA) is 64.1 Å². The Kier molecular flexibility index (Phi) is 8.13. The molecular weight excluding hydrogens is 392 g/mol. The van der Waals surface area contributed by atoms with E-state index in [0.29, 0.717) is 34.6 Å². The molecule has 0 heterocycles. The fourth-order valence-corrected chi connectivity index (χ4v) is 2.76. The first-order valence-corrected chi connectivity index (χ1v) is 8.74. The van der Waals surface area contributed by atoms with Gasteiger partial charge < -0.3 is 24.8 Å². The molecule has 28 heavy (non-hydrogen) atoms. The number of benzene rings is 2. The predicted molar refractivity (Wildman–Crippen MR) is 105 cm³/mol. The quantitative estimate of drug-likeness (QED) is 0.508. The molecule has 0 atom stereocenters. The molecule has 9 heteroatoms. The van der Waals surface area contributed by atoms with Crippen molar-refractivity contribution in [3.8, 4) is 17.2 Å². The molecule has 0 aromatic heterocycles. The Morgan fingerprint density at radius 3 is 2.36 bits per heavy atom. The number of para-hydroxylation sites is 1. The van der Waals surface area contributed by atoms with Crippen molar-refractivity contribution in [2.45, 2.75) is 19.7 Å². The van der Waals surface area contributed by atoms with E-state index in [1.165, 1.54) is 12.1 Å². The van der Waals surface area contributed by atoms with Crippen LogP contribution < -0.4 is 24.8 Å². The monoisotopic (exact) mass is 413 g/mol. The van der Waals surface area contributed by atoms with Crippen LogP contribution in [0, 0.1) is 0 Å². The second-order valence-corrected chi connectivity index (χ2v) is 6.00. The second kappa shape index (κ2) is 10.6. The normalized spacial score (nSPS) is 11.3. The second-order valence-electron chi connectivity index (χ2n) is 5.56. The van der Waals surface area contributed by atoms with Gasteiger partial charge in [0, 0.05) is 36.3 Å². The van der Waals surface area contributed by atoms with Gasteiger partial charge in [0.05, 0.1) is 14.2 Å². The standard InChI is InChI=1S/C19H22ClF2N3O3/c1-23-19(24-10-12-5-4-6-16(26-2)17(12)27-3)25-11-13-9-14(20)7-8-15(13)28-18(21)22/h4-9,18H,10-11H2,1-3H3,(H2,23,24,25). The third kappa shape index (κ3) is 5.88. The molecule has 2 aromatic rings. The Bertz CT molecular complexity index is 819. The van der Waals surface area contributed by atoms with E-state index in [0.717, 1.165) is 5.56 Å². The molecule has 0 aliphatic rings. The molecule has 0 amide bonds. The lowest BCUT2D eigenvalue weighted by Crippen LogP contribution is -2.36. The zero-order valence-electron chi connectivity index (χ0n) is 15.8. The van der Waals surface area contributed by atoms with Crippen LogP contribution in [0.5, 0.6) is 17.2 Å². The minimum atomic E-state index is -2.92. The molecule has 2 aromatic carbocycles. The molecule has 0 aliphatic carbocycles. The van der Waals surface area contributed by atoms with Crippen LogP contribution in [0.1, 0.15) is 11.1 Å². The molecule has 2 rings (SSSR count). The first-order chi connectivity index (χ1) is 13.5. The number of ether oxygens (including phenoxy) is 3. The number of alkyl halides is 2. The van der Waals surface area contributed by atoms with Gasteiger partial charge in [-0.1, -0.05) is 23.7 Å². The summed E-state index contributed by atoms with van der Waals surface area (Å²) in [7, 11) is 4.74. The Morgan fingerprint density at radius 1 is 1.04 bits per heavy atom. The lowest BCUT2D eigenvalue weighted by molar-refractivity contribution is -0.0504. The van der Waals surface area contributed by atoms with Gasteiger partial charge in [0.25, 0.3) is 0 Å². The van der Waals surface area contributed by atoms with Crippen LogP contribution in [-0.2, 0) is 13.1 Å². The summed E-state index contributed by atoms with van der Waals surface area (Å²) >= 11 is 5.96. The third-order valence-corrected chi connectivity index (χ3v) is 4.07. The van der Waals surface area contributed by atoms with Gasteiger partial charge in [-0.3, -0.25) is 4.99 Å². The fraction of sp³-hybridized carbons (Fsp3) is 0.316. The molecule has 0 unspecified atom stereocenters. The zero-order valence-corrected chi connectivity index (χ0v) is 16.5. The fourth-order valence-electron chi connectivity index (χ4n) is 2.57. The molecular formula is C19H22ClF2N3O3. The molecule has 0 aliphatic heterocycles. The molecule has 0 radical (unpaired) electrons. The highest BCUT2D eigenvalue weighted by atomic mass is 35.5. The van der Waals surface area contributed by atoms with Crippen LogP contribution in [0.3, 0.4) is 0 Å². The van der Waals surface area contributed by atoms with E-state index in [2.05, 4.69) is 20.4 Å². The summed E-state index contributed by atoms with van der Waals surface area (Å²) in [6.45, 7) is -2.31. The van der Waals surface area contributed by atoms with Gasteiger partial charge in [-0.2, -0.15) is 8.78 Å². The molecule has 6 nitrogen and oxygen atoms in total. The summed E-state index contributed by atoms with van der Waals surface area (Å²) in [5.74, 6) is 1.76. The van der Waals surface area contributed by atoms with Crippen LogP contribution in [0.25, 0.3) is 0 Å². The van der Waals surface area contributed by atoms with Gasteiger partial charge in [-0.05, 0) is 24.3 Å². The number of rotatable bonds is 8. The molecule has 0 fully saturated rings. The maximum atomic E-state index is 12.6. The number of guanidine groups is 1. The maximum Gasteiger partial charge on any atom is 0.387 e. The predicted octanol–water partition coefficient (Wildman–Crippen LogP) is 3.82. The number of methoxy groups -OCH3 is 2. The molecule has 2 N–H and O–H groups in total. The number of aliphatic imine (C=N–C) groups is 1. The van der Waals surface area contributed by atoms with Gasteiger partial charge in [0.15, 0.2) is 17.5 Å². The highest BCUT2D eigenvalue weighted by Gasteiger charge is 2.12. The number of nitrogens with one attached hydrogen (secondary N) is 2.